The lowest BCUT2D eigenvalue weighted by atomic mass is 9.60. The molecule has 2 N–H and O–H groups in total. The van der Waals surface area contributed by atoms with Crippen molar-refractivity contribution in [2.24, 2.45) is 0 Å². The average molecular weight is 376 g/mol. The molecule has 6 nitrogen and oxygen atoms in total. The molecule has 142 valence electrons. The van der Waals surface area contributed by atoms with Crippen LogP contribution in [0.5, 0.6) is 0 Å². The van der Waals surface area contributed by atoms with Crippen molar-refractivity contribution in [1.82, 2.24) is 0 Å². The van der Waals surface area contributed by atoms with Crippen molar-refractivity contribution in [1.29, 1.82) is 0 Å². The van der Waals surface area contributed by atoms with Gasteiger partial charge in [0.1, 0.15) is 0 Å². The molecule has 2 heterocycles. The van der Waals surface area contributed by atoms with Gasteiger partial charge in [0.05, 0.1) is 22.5 Å². The van der Waals surface area contributed by atoms with E-state index >= 15 is 0 Å². The second-order valence-electron chi connectivity index (χ2n) is 8.30. The molecule has 0 aromatic heterocycles. The molecule has 2 aliphatic rings. The Morgan fingerprint density at radius 1 is 0.714 bits per heavy atom. The first kappa shape index (κ1) is 18.1. The molecule has 2 aromatic carbocycles. The first-order chi connectivity index (χ1) is 13.1. The summed E-state index contributed by atoms with van der Waals surface area (Å²) in [6.45, 7) is 8.13. The topological polar surface area (TPSA) is 92.3 Å². The summed E-state index contributed by atoms with van der Waals surface area (Å²) in [5.41, 5.74) is 2.47. The van der Waals surface area contributed by atoms with Crippen LogP contribution in [0, 0.1) is 0 Å². The minimum Gasteiger partial charge on any atom is -0.318 e. The lowest BCUT2D eigenvalue weighted by Gasteiger charge is -2.43. The molecular formula is C22H20N2O4. The summed E-state index contributed by atoms with van der Waals surface area (Å²) in [7, 11) is 0. The van der Waals surface area contributed by atoms with Crippen LogP contribution < -0.4 is 10.6 Å². The van der Waals surface area contributed by atoms with Crippen LogP contribution in [0.4, 0.5) is 11.4 Å². The number of carbonyl (C=O) groups excluding carboxylic acids is 4. The van der Waals surface area contributed by atoms with Gasteiger partial charge >= 0.3 is 0 Å². The number of benzene rings is 2. The van der Waals surface area contributed by atoms with Crippen LogP contribution in [0.2, 0.25) is 0 Å². The van der Waals surface area contributed by atoms with Crippen LogP contribution >= 0.6 is 0 Å². The summed E-state index contributed by atoms with van der Waals surface area (Å²) in [5, 5.41) is 5.23. The summed E-state index contributed by atoms with van der Waals surface area (Å²) in [6, 6.07) is 10.7. The normalized spacial score (nSPS) is 16.0. The minimum atomic E-state index is -0.625. The second-order valence-corrected chi connectivity index (χ2v) is 8.30. The third-order valence-electron chi connectivity index (χ3n) is 6.42. The van der Waals surface area contributed by atoms with Crippen molar-refractivity contribution in [2.45, 2.75) is 38.5 Å². The SMILES string of the molecule is CC(C)(c1ccc2c(c1)NC(=O)C2=O)C(C)(C)c1cccc2c1C(=O)C(=O)N2. The van der Waals surface area contributed by atoms with Gasteiger partial charge in [0, 0.05) is 0 Å². The predicted octanol–water partition coefficient (Wildman–Crippen LogP) is 3.21. The Hall–Kier alpha value is -3.28. The molecule has 0 aliphatic carbocycles. The second kappa shape index (κ2) is 5.61. The Morgan fingerprint density at radius 3 is 2.07 bits per heavy atom. The number of nitrogens with one attached hydrogen (secondary N) is 2. The first-order valence-corrected chi connectivity index (χ1v) is 9.05. The highest BCUT2D eigenvalue weighted by molar-refractivity contribution is 6.52. The fraction of sp³-hybridized carbons (Fsp3) is 0.273. The van der Waals surface area contributed by atoms with Crippen molar-refractivity contribution in [2.75, 3.05) is 10.6 Å². The molecule has 0 unspecified atom stereocenters. The van der Waals surface area contributed by atoms with E-state index in [-0.39, 0.29) is 0 Å². The summed E-state index contributed by atoms with van der Waals surface area (Å²) in [5.74, 6) is -2.30. The third kappa shape index (κ3) is 2.27. The molecule has 0 fully saturated rings. The van der Waals surface area contributed by atoms with Crippen molar-refractivity contribution >= 4 is 34.8 Å². The standard InChI is InChI=1S/C22H20N2O4/c1-21(2,11-8-9-12-15(10-11)24-19(27)17(12)25)22(3,4)13-6-5-7-14-16(13)18(26)20(28)23-14/h5-10H,1-4H3,(H,23,26,28)(H,24,25,27). The molecule has 2 amide bonds. The molecule has 0 saturated heterocycles. The van der Waals surface area contributed by atoms with Gasteiger partial charge in [-0.3, -0.25) is 19.2 Å². The number of hydrogen-bond donors (Lipinski definition) is 2. The maximum atomic E-state index is 12.5. The smallest absolute Gasteiger partial charge is 0.296 e. The fourth-order valence-corrected chi connectivity index (χ4v) is 3.95. The summed E-state index contributed by atoms with van der Waals surface area (Å²) >= 11 is 0. The highest BCUT2D eigenvalue weighted by atomic mass is 16.2. The molecule has 4 rings (SSSR count). The van der Waals surface area contributed by atoms with Gasteiger partial charge < -0.3 is 10.6 Å². The Bertz CT molecular complexity index is 1100. The number of hydrogen-bond acceptors (Lipinski definition) is 4. The molecule has 28 heavy (non-hydrogen) atoms. The highest BCUT2D eigenvalue weighted by Gasteiger charge is 2.45. The van der Waals surface area contributed by atoms with E-state index in [0.29, 0.717) is 22.5 Å². The van der Waals surface area contributed by atoms with Crippen LogP contribution in [0.3, 0.4) is 0 Å². The quantitative estimate of drug-likeness (QED) is 0.805. The zero-order chi connectivity index (χ0) is 20.4. The largest absolute Gasteiger partial charge is 0.318 e. The van der Waals surface area contributed by atoms with Gasteiger partial charge in [0.15, 0.2) is 0 Å². The first-order valence-electron chi connectivity index (χ1n) is 9.05. The van der Waals surface area contributed by atoms with Gasteiger partial charge in [-0.05, 0) is 40.2 Å². The summed E-state index contributed by atoms with van der Waals surface area (Å²) in [6.07, 6.45) is 0. The van der Waals surface area contributed by atoms with Crippen LogP contribution in [0.15, 0.2) is 36.4 Å². The number of Topliss-reactive ketones (excluding diaryl/α,β-unsaturated/α-hetero) is 2. The van der Waals surface area contributed by atoms with Gasteiger partial charge in [-0.15, -0.1) is 0 Å². The molecule has 0 bridgehead atoms. The minimum absolute atomic E-state index is 0.368. The molecular weight excluding hydrogens is 356 g/mol. The monoisotopic (exact) mass is 376 g/mol. The van der Waals surface area contributed by atoms with E-state index in [1.165, 1.54) is 0 Å². The highest BCUT2D eigenvalue weighted by Crippen LogP contribution is 2.47. The van der Waals surface area contributed by atoms with E-state index in [0.717, 1.165) is 11.1 Å². The molecule has 0 atom stereocenters. The van der Waals surface area contributed by atoms with E-state index in [1.807, 2.05) is 52.0 Å². The van der Waals surface area contributed by atoms with E-state index in [2.05, 4.69) is 10.6 Å². The molecule has 0 spiro atoms. The lowest BCUT2D eigenvalue weighted by molar-refractivity contribution is -0.112. The number of anilines is 2. The zero-order valence-electron chi connectivity index (χ0n) is 16.1. The number of carbonyl (C=O) groups is 4. The zero-order valence-corrected chi connectivity index (χ0v) is 16.1. The van der Waals surface area contributed by atoms with Crippen molar-refractivity contribution in [3.05, 3.63) is 58.7 Å². The number of amides is 2. The molecule has 6 heteroatoms. The third-order valence-corrected chi connectivity index (χ3v) is 6.42. The lowest BCUT2D eigenvalue weighted by Crippen LogP contribution is -2.41. The van der Waals surface area contributed by atoms with Crippen molar-refractivity contribution in [3.8, 4) is 0 Å². The van der Waals surface area contributed by atoms with E-state index in [4.69, 9.17) is 0 Å². The predicted molar refractivity (Wildman–Crippen MR) is 105 cm³/mol. The molecule has 2 aliphatic heterocycles. The maximum absolute atomic E-state index is 12.5. The van der Waals surface area contributed by atoms with Gasteiger partial charge in [0.2, 0.25) is 0 Å². The summed E-state index contributed by atoms with van der Waals surface area (Å²) < 4.78 is 0. The average Bonchev–Trinajstić information content (AvgIpc) is 3.10. The van der Waals surface area contributed by atoms with Gasteiger partial charge in [-0.25, -0.2) is 0 Å². The van der Waals surface area contributed by atoms with E-state index in [1.54, 1.807) is 12.1 Å². The van der Waals surface area contributed by atoms with Crippen LogP contribution in [0.25, 0.3) is 0 Å². The molecule has 0 radical (unpaired) electrons. The Balaban J connectivity index is 1.83. The fourth-order valence-electron chi connectivity index (χ4n) is 3.95. The van der Waals surface area contributed by atoms with Gasteiger partial charge in [-0.1, -0.05) is 45.9 Å². The van der Waals surface area contributed by atoms with E-state index < -0.39 is 34.2 Å². The van der Waals surface area contributed by atoms with Gasteiger partial charge in [0.25, 0.3) is 23.4 Å². The Labute approximate surface area is 162 Å². The van der Waals surface area contributed by atoms with Crippen LogP contribution in [-0.4, -0.2) is 23.4 Å². The van der Waals surface area contributed by atoms with Crippen LogP contribution in [-0.2, 0) is 20.4 Å². The number of ketones is 2. The van der Waals surface area contributed by atoms with E-state index in [9.17, 15) is 19.2 Å². The molecule has 0 saturated carbocycles. The Kier molecular flexibility index (Phi) is 3.63. The van der Waals surface area contributed by atoms with Crippen LogP contribution in [0.1, 0.15) is 59.5 Å². The van der Waals surface area contributed by atoms with Crippen molar-refractivity contribution < 1.29 is 19.2 Å². The Morgan fingerprint density at radius 2 is 1.36 bits per heavy atom. The number of fused-ring (bicyclic) bond motifs is 2. The summed E-state index contributed by atoms with van der Waals surface area (Å²) in [4.78, 5) is 47.9. The van der Waals surface area contributed by atoms with Crippen molar-refractivity contribution in [3.63, 3.8) is 0 Å². The molecule has 2 aromatic rings. The van der Waals surface area contributed by atoms with Gasteiger partial charge in [-0.2, -0.15) is 0 Å². The maximum Gasteiger partial charge on any atom is 0.296 e. The number of rotatable bonds is 3.